The number of aromatic nitrogens is 4. The zero-order valence-electron chi connectivity index (χ0n) is 5.59. The molecule has 0 atom stereocenters. The molecule has 0 radical (unpaired) electrons. The highest BCUT2D eigenvalue weighted by Crippen LogP contribution is 1.98. The van der Waals surface area contributed by atoms with Crippen LogP contribution in [0, 0.1) is 0 Å². The van der Waals surface area contributed by atoms with Crippen LogP contribution in [0.4, 0.5) is 14.7 Å². The molecule has 11 heavy (non-hydrogen) atoms. The van der Waals surface area contributed by atoms with Crippen molar-refractivity contribution < 1.29 is 8.78 Å². The van der Waals surface area contributed by atoms with Gasteiger partial charge in [-0.3, -0.25) is 0 Å². The number of aromatic amines is 1. The van der Waals surface area contributed by atoms with Gasteiger partial charge in [0.25, 0.3) is 5.95 Å². The Kier molecular flexibility index (Phi) is 2.70. The minimum Gasteiger partial charge on any atom is -0.351 e. The first-order valence-electron chi connectivity index (χ1n) is 3.04. The smallest absolute Gasteiger partial charge is 0.263 e. The SMILES string of the molecule is FC(F)CCNc1nn[nH]n1. The predicted octanol–water partition coefficient (Wildman–Crippen LogP) is 0.267. The number of halogens is 2. The largest absolute Gasteiger partial charge is 0.351 e. The molecular weight excluding hydrogens is 156 g/mol. The van der Waals surface area contributed by atoms with E-state index in [0.717, 1.165) is 0 Å². The molecule has 7 heteroatoms. The molecular formula is C4H7F2N5. The van der Waals surface area contributed by atoms with Crippen LogP contribution < -0.4 is 5.32 Å². The van der Waals surface area contributed by atoms with E-state index < -0.39 is 6.43 Å². The molecule has 0 fully saturated rings. The molecule has 62 valence electrons. The van der Waals surface area contributed by atoms with Gasteiger partial charge in [-0.1, -0.05) is 5.10 Å². The van der Waals surface area contributed by atoms with Crippen molar-refractivity contribution in [2.75, 3.05) is 11.9 Å². The van der Waals surface area contributed by atoms with Crippen LogP contribution in [-0.2, 0) is 0 Å². The van der Waals surface area contributed by atoms with Crippen LogP contribution in [-0.4, -0.2) is 33.6 Å². The topological polar surface area (TPSA) is 66.5 Å². The lowest BCUT2D eigenvalue weighted by Gasteiger charge is -1.98. The quantitative estimate of drug-likeness (QED) is 0.668. The lowest BCUT2D eigenvalue weighted by atomic mass is 10.4. The highest BCUT2D eigenvalue weighted by atomic mass is 19.3. The summed E-state index contributed by atoms with van der Waals surface area (Å²) in [6.07, 6.45) is -2.51. The minimum atomic E-state index is -2.30. The van der Waals surface area contributed by atoms with E-state index in [1.54, 1.807) is 0 Å². The molecule has 0 aliphatic rings. The van der Waals surface area contributed by atoms with Crippen LogP contribution in [0.3, 0.4) is 0 Å². The number of rotatable bonds is 4. The second-order valence-corrected chi connectivity index (χ2v) is 1.84. The fourth-order valence-corrected chi connectivity index (χ4v) is 0.530. The fraction of sp³-hybridized carbons (Fsp3) is 0.750. The number of H-pyrrole nitrogens is 1. The minimum absolute atomic E-state index is 0.150. The summed E-state index contributed by atoms with van der Waals surface area (Å²) in [6, 6.07) is 0. The molecule has 2 N–H and O–H groups in total. The zero-order chi connectivity index (χ0) is 8.10. The molecule has 0 aromatic carbocycles. The van der Waals surface area contributed by atoms with Gasteiger partial charge in [-0.25, -0.2) is 8.78 Å². The summed E-state index contributed by atoms with van der Waals surface area (Å²) >= 11 is 0. The highest BCUT2D eigenvalue weighted by Gasteiger charge is 2.02. The second kappa shape index (κ2) is 3.79. The number of anilines is 1. The van der Waals surface area contributed by atoms with Gasteiger partial charge in [-0.15, -0.1) is 5.10 Å². The molecule has 1 aromatic rings. The van der Waals surface area contributed by atoms with E-state index >= 15 is 0 Å². The van der Waals surface area contributed by atoms with Crippen molar-refractivity contribution in [1.82, 2.24) is 20.6 Å². The van der Waals surface area contributed by atoms with Crippen molar-refractivity contribution in [2.24, 2.45) is 0 Å². The summed E-state index contributed by atoms with van der Waals surface area (Å²) in [7, 11) is 0. The molecule has 0 unspecified atom stereocenters. The molecule has 1 rings (SSSR count). The maximum absolute atomic E-state index is 11.6. The van der Waals surface area contributed by atoms with Gasteiger partial charge in [0.1, 0.15) is 0 Å². The van der Waals surface area contributed by atoms with Crippen molar-refractivity contribution in [3.05, 3.63) is 0 Å². The van der Waals surface area contributed by atoms with Gasteiger partial charge in [0.15, 0.2) is 0 Å². The maximum atomic E-state index is 11.6. The van der Waals surface area contributed by atoms with Crippen LogP contribution in [0.25, 0.3) is 0 Å². The Morgan fingerprint density at radius 1 is 1.55 bits per heavy atom. The van der Waals surface area contributed by atoms with Gasteiger partial charge in [0, 0.05) is 13.0 Å². The van der Waals surface area contributed by atoms with Gasteiger partial charge in [0.2, 0.25) is 6.43 Å². The third-order valence-electron chi connectivity index (χ3n) is 0.991. The summed E-state index contributed by atoms with van der Waals surface area (Å²) < 4.78 is 23.1. The highest BCUT2D eigenvalue weighted by molar-refractivity contribution is 5.17. The number of tetrazole rings is 1. The zero-order valence-corrected chi connectivity index (χ0v) is 5.59. The maximum Gasteiger partial charge on any atom is 0.263 e. The van der Waals surface area contributed by atoms with Gasteiger partial charge in [0.05, 0.1) is 0 Å². The Morgan fingerprint density at radius 3 is 2.91 bits per heavy atom. The Balaban J connectivity index is 2.14. The monoisotopic (exact) mass is 163 g/mol. The van der Waals surface area contributed by atoms with E-state index in [9.17, 15) is 8.78 Å². The Hall–Kier alpha value is -1.27. The van der Waals surface area contributed by atoms with E-state index in [2.05, 4.69) is 25.9 Å². The molecule has 0 amide bonds. The number of alkyl halides is 2. The van der Waals surface area contributed by atoms with Crippen LogP contribution in [0.15, 0.2) is 0 Å². The van der Waals surface area contributed by atoms with E-state index in [0.29, 0.717) is 0 Å². The molecule has 0 saturated heterocycles. The van der Waals surface area contributed by atoms with Crippen LogP contribution in [0.2, 0.25) is 0 Å². The predicted molar refractivity (Wildman–Crippen MR) is 33.3 cm³/mol. The van der Waals surface area contributed by atoms with E-state index in [1.165, 1.54) is 0 Å². The standard InChI is InChI=1S/C4H7F2N5/c5-3(6)1-2-7-4-8-10-11-9-4/h3H,1-2H2,(H2,7,8,9,10,11). The lowest BCUT2D eigenvalue weighted by Crippen LogP contribution is -2.07. The third-order valence-corrected chi connectivity index (χ3v) is 0.991. The molecule has 1 aromatic heterocycles. The Morgan fingerprint density at radius 2 is 2.36 bits per heavy atom. The summed E-state index contributed by atoms with van der Waals surface area (Å²) in [5.41, 5.74) is 0. The fourth-order valence-electron chi connectivity index (χ4n) is 0.530. The summed E-state index contributed by atoms with van der Waals surface area (Å²) in [5.74, 6) is 0.241. The third kappa shape index (κ3) is 2.87. The van der Waals surface area contributed by atoms with Crippen molar-refractivity contribution in [2.45, 2.75) is 12.8 Å². The first-order valence-corrected chi connectivity index (χ1v) is 3.04. The second-order valence-electron chi connectivity index (χ2n) is 1.84. The number of nitrogens with one attached hydrogen (secondary N) is 2. The normalized spacial score (nSPS) is 10.5. The van der Waals surface area contributed by atoms with Crippen LogP contribution in [0.5, 0.6) is 0 Å². The van der Waals surface area contributed by atoms with Gasteiger partial charge in [-0.05, 0) is 5.21 Å². The molecule has 0 spiro atoms. The summed E-state index contributed by atoms with van der Waals surface area (Å²) in [4.78, 5) is 0. The van der Waals surface area contributed by atoms with E-state index in [1.807, 2.05) is 0 Å². The molecule has 0 aliphatic heterocycles. The van der Waals surface area contributed by atoms with Gasteiger partial charge in [-0.2, -0.15) is 5.21 Å². The number of nitrogens with zero attached hydrogens (tertiary/aromatic N) is 3. The first-order chi connectivity index (χ1) is 5.29. The van der Waals surface area contributed by atoms with Gasteiger partial charge < -0.3 is 5.32 Å². The van der Waals surface area contributed by atoms with Crippen LogP contribution in [0.1, 0.15) is 6.42 Å². The number of hydrogen-bond acceptors (Lipinski definition) is 4. The first kappa shape index (κ1) is 7.83. The molecule has 0 aliphatic carbocycles. The van der Waals surface area contributed by atoms with E-state index in [-0.39, 0.29) is 18.9 Å². The molecule has 0 saturated carbocycles. The molecule has 1 heterocycles. The lowest BCUT2D eigenvalue weighted by molar-refractivity contribution is 0.142. The molecule has 0 bridgehead atoms. The van der Waals surface area contributed by atoms with Gasteiger partial charge >= 0.3 is 0 Å². The van der Waals surface area contributed by atoms with Crippen molar-refractivity contribution in [1.29, 1.82) is 0 Å². The summed E-state index contributed by atoms with van der Waals surface area (Å²) in [5, 5.41) is 15.0. The average molecular weight is 163 g/mol. The number of hydrogen-bond donors (Lipinski definition) is 2. The average Bonchev–Trinajstić information content (AvgIpc) is 2.39. The summed E-state index contributed by atoms with van der Waals surface area (Å²) in [6.45, 7) is 0.150. The van der Waals surface area contributed by atoms with Crippen molar-refractivity contribution in [3.8, 4) is 0 Å². The van der Waals surface area contributed by atoms with Crippen molar-refractivity contribution in [3.63, 3.8) is 0 Å². The van der Waals surface area contributed by atoms with Crippen molar-refractivity contribution >= 4 is 5.95 Å². The Labute approximate surface area is 61.2 Å². The van der Waals surface area contributed by atoms with Crippen LogP contribution >= 0.6 is 0 Å². The van der Waals surface area contributed by atoms with E-state index in [4.69, 9.17) is 0 Å². The molecule has 5 nitrogen and oxygen atoms in total. The Bertz CT molecular complexity index is 186.